The van der Waals surface area contributed by atoms with Crippen molar-refractivity contribution < 1.29 is 4.84 Å². The lowest BCUT2D eigenvalue weighted by Crippen LogP contribution is -2.18. The van der Waals surface area contributed by atoms with Gasteiger partial charge in [0.05, 0.1) is 11.1 Å². The van der Waals surface area contributed by atoms with E-state index in [0.29, 0.717) is 5.92 Å². The van der Waals surface area contributed by atoms with Gasteiger partial charge in [0.2, 0.25) is 0 Å². The summed E-state index contributed by atoms with van der Waals surface area (Å²) in [6.07, 6.45) is 1.86. The number of oxime groups is 1. The zero-order chi connectivity index (χ0) is 12.3. The van der Waals surface area contributed by atoms with Crippen molar-refractivity contribution in [3.63, 3.8) is 0 Å². The zero-order valence-electron chi connectivity index (χ0n) is 10.3. The Morgan fingerprint density at radius 1 is 1.35 bits per heavy atom. The highest BCUT2D eigenvalue weighted by Gasteiger charge is 2.26. The second-order valence-electron chi connectivity index (χ2n) is 4.70. The molecule has 1 aliphatic rings. The molecular formula is C14H18ClNO. The van der Waals surface area contributed by atoms with Crippen LogP contribution in [0.25, 0.3) is 0 Å². The monoisotopic (exact) mass is 251 g/mol. The van der Waals surface area contributed by atoms with E-state index in [4.69, 9.17) is 16.4 Å². The lowest BCUT2D eigenvalue weighted by Gasteiger charge is -2.12. The number of rotatable bonds is 4. The summed E-state index contributed by atoms with van der Waals surface area (Å²) < 4.78 is 0. The van der Waals surface area contributed by atoms with Crippen molar-refractivity contribution in [3.8, 4) is 0 Å². The van der Waals surface area contributed by atoms with Gasteiger partial charge in [-0.15, -0.1) is 11.6 Å². The molecular weight excluding hydrogens is 234 g/mol. The molecule has 0 aliphatic carbocycles. The molecule has 0 N–H and O–H groups in total. The molecule has 0 fully saturated rings. The molecule has 3 atom stereocenters. The van der Waals surface area contributed by atoms with E-state index < -0.39 is 0 Å². The summed E-state index contributed by atoms with van der Waals surface area (Å²) in [7, 11) is 0. The lowest BCUT2D eigenvalue weighted by atomic mass is 9.93. The molecule has 3 heteroatoms. The molecule has 1 aliphatic heterocycles. The van der Waals surface area contributed by atoms with E-state index in [1.165, 1.54) is 5.56 Å². The Labute approximate surface area is 108 Å². The minimum atomic E-state index is 0.0169. The fourth-order valence-corrected chi connectivity index (χ4v) is 2.20. The fourth-order valence-electron chi connectivity index (χ4n) is 2.07. The van der Waals surface area contributed by atoms with Crippen molar-refractivity contribution in [1.82, 2.24) is 0 Å². The summed E-state index contributed by atoms with van der Waals surface area (Å²) >= 11 is 6.00. The number of hydrogen-bond acceptors (Lipinski definition) is 2. The van der Waals surface area contributed by atoms with Crippen LogP contribution in [0.4, 0.5) is 0 Å². The molecule has 2 rings (SSSR count). The molecule has 0 amide bonds. The highest BCUT2D eigenvalue weighted by Crippen LogP contribution is 2.25. The molecule has 2 nitrogen and oxygen atoms in total. The van der Waals surface area contributed by atoms with E-state index in [-0.39, 0.29) is 11.5 Å². The van der Waals surface area contributed by atoms with Gasteiger partial charge in [-0.3, -0.25) is 0 Å². The third-order valence-corrected chi connectivity index (χ3v) is 3.46. The molecule has 0 aromatic heterocycles. The molecule has 0 saturated carbocycles. The van der Waals surface area contributed by atoms with Crippen molar-refractivity contribution in [3.05, 3.63) is 35.9 Å². The lowest BCUT2D eigenvalue weighted by molar-refractivity contribution is 0.0854. The maximum absolute atomic E-state index is 6.00. The van der Waals surface area contributed by atoms with Crippen LogP contribution >= 0.6 is 11.6 Å². The number of halogens is 1. The van der Waals surface area contributed by atoms with Gasteiger partial charge in [0.1, 0.15) is 6.10 Å². The first-order chi connectivity index (χ1) is 8.16. The highest BCUT2D eigenvalue weighted by atomic mass is 35.5. The predicted molar refractivity (Wildman–Crippen MR) is 71.7 cm³/mol. The average Bonchev–Trinajstić information content (AvgIpc) is 2.79. The highest BCUT2D eigenvalue weighted by molar-refractivity contribution is 6.21. The third-order valence-electron chi connectivity index (χ3n) is 3.18. The zero-order valence-corrected chi connectivity index (χ0v) is 11.0. The van der Waals surface area contributed by atoms with E-state index in [1.807, 2.05) is 13.0 Å². The summed E-state index contributed by atoms with van der Waals surface area (Å²) in [5.74, 6) is 0.475. The van der Waals surface area contributed by atoms with Crippen LogP contribution in [0.15, 0.2) is 35.5 Å². The fraction of sp³-hybridized carbons (Fsp3) is 0.500. The van der Waals surface area contributed by atoms with E-state index in [9.17, 15) is 0 Å². The van der Waals surface area contributed by atoms with E-state index in [2.05, 4.69) is 36.3 Å². The van der Waals surface area contributed by atoms with E-state index in [1.54, 1.807) is 0 Å². The summed E-state index contributed by atoms with van der Waals surface area (Å²) in [4.78, 5) is 5.32. The normalized spacial score (nSPS) is 22.8. The van der Waals surface area contributed by atoms with Crippen LogP contribution in [0.5, 0.6) is 0 Å². The maximum Gasteiger partial charge on any atom is 0.148 e. The molecule has 92 valence electrons. The minimum absolute atomic E-state index is 0.0169. The first-order valence-electron chi connectivity index (χ1n) is 6.07. The van der Waals surface area contributed by atoms with Gasteiger partial charge in [0.25, 0.3) is 0 Å². The number of alkyl halides is 1. The molecule has 17 heavy (non-hydrogen) atoms. The van der Waals surface area contributed by atoms with Crippen LogP contribution in [0.2, 0.25) is 0 Å². The molecule has 0 spiro atoms. The van der Waals surface area contributed by atoms with Crippen LogP contribution in [0.3, 0.4) is 0 Å². The quantitative estimate of drug-likeness (QED) is 0.743. The van der Waals surface area contributed by atoms with Gasteiger partial charge in [-0.2, -0.15) is 0 Å². The summed E-state index contributed by atoms with van der Waals surface area (Å²) in [6, 6.07) is 10.5. The minimum Gasteiger partial charge on any atom is -0.391 e. The SMILES string of the molecule is CC(CC1=NOC(C(C)Cl)C1)c1ccccc1. The standard InChI is InChI=1S/C14H18ClNO/c1-10(12-6-4-3-5-7-12)8-13-9-14(11(2)15)17-16-13/h3-7,10-11,14H,8-9H2,1-2H3. The van der Waals surface area contributed by atoms with Gasteiger partial charge >= 0.3 is 0 Å². The van der Waals surface area contributed by atoms with Gasteiger partial charge in [-0.05, 0) is 24.8 Å². The van der Waals surface area contributed by atoms with E-state index >= 15 is 0 Å². The van der Waals surface area contributed by atoms with Crippen molar-refractivity contribution in [2.75, 3.05) is 0 Å². The Morgan fingerprint density at radius 2 is 2.06 bits per heavy atom. The topological polar surface area (TPSA) is 21.6 Å². The van der Waals surface area contributed by atoms with Crippen LogP contribution < -0.4 is 0 Å². The molecule has 1 heterocycles. The van der Waals surface area contributed by atoms with Crippen molar-refractivity contribution in [2.24, 2.45) is 5.16 Å². The predicted octanol–water partition coefficient (Wildman–Crippen LogP) is 3.95. The van der Waals surface area contributed by atoms with Gasteiger partial charge in [-0.1, -0.05) is 42.4 Å². The Morgan fingerprint density at radius 3 is 2.65 bits per heavy atom. The molecule has 3 unspecified atom stereocenters. The second-order valence-corrected chi connectivity index (χ2v) is 5.39. The maximum atomic E-state index is 6.00. The first-order valence-corrected chi connectivity index (χ1v) is 6.51. The summed E-state index contributed by atoms with van der Waals surface area (Å²) in [6.45, 7) is 4.17. The van der Waals surface area contributed by atoms with E-state index in [0.717, 1.165) is 18.6 Å². The van der Waals surface area contributed by atoms with Gasteiger partial charge < -0.3 is 4.84 Å². The number of hydrogen-bond donors (Lipinski definition) is 0. The van der Waals surface area contributed by atoms with Crippen LogP contribution in [0.1, 0.15) is 38.2 Å². The van der Waals surface area contributed by atoms with Crippen LogP contribution in [0, 0.1) is 0 Å². The van der Waals surface area contributed by atoms with Crippen LogP contribution in [-0.4, -0.2) is 17.2 Å². The summed E-state index contributed by atoms with van der Waals surface area (Å²) in [5.41, 5.74) is 2.47. The van der Waals surface area contributed by atoms with Gasteiger partial charge in [-0.25, -0.2) is 0 Å². The first kappa shape index (κ1) is 12.4. The van der Waals surface area contributed by atoms with Gasteiger partial charge in [0.15, 0.2) is 0 Å². The molecule has 1 aromatic carbocycles. The second kappa shape index (κ2) is 5.54. The van der Waals surface area contributed by atoms with Crippen molar-refractivity contribution in [1.29, 1.82) is 0 Å². The largest absolute Gasteiger partial charge is 0.391 e. The van der Waals surface area contributed by atoms with Crippen molar-refractivity contribution >= 4 is 17.3 Å². The van der Waals surface area contributed by atoms with Crippen LogP contribution in [-0.2, 0) is 4.84 Å². The number of nitrogens with zero attached hydrogens (tertiary/aromatic N) is 1. The Balaban J connectivity index is 1.91. The number of benzene rings is 1. The van der Waals surface area contributed by atoms with Gasteiger partial charge in [0, 0.05) is 6.42 Å². The Hall–Kier alpha value is -1.02. The molecule has 0 bridgehead atoms. The third kappa shape index (κ3) is 3.22. The Kier molecular flexibility index (Phi) is 4.06. The van der Waals surface area contributed by atoms with Crippen molar-refractivity contribution in [2.45, 2.75) is 44.1 Å². The summed E-state index contributed by atoms with van der Waals surface area (Å²) in [5, 5.41) is 4.15. The molecule has 0 saturated heterocycles. The molecule has 1 aromatic rings. The average molecular weight is 252 g/mol. The Bertz CT molecular complexity index is 388. The smallest absolute Gasteiger partial charge is 0.148 e. The molecule has 0 radical (unpaired) electrons.